The molecule has 5 rings (SSSR count). The first-order valence-corrected chi connectivity index (χ1v) is 15.6. The number of hydrogen-bond donors (Lipinski definition) is 5. The summed E-state index contributed by atoms with van der Waals surface area (Å²) >= 11 is 0. The summed E-state index contributed by atoms with van der Waals surface area (Å²) in [6.45, 7) is 0. The summed E-state index contributed by atoms with van der Waals surface area (Å²) in [7, 11) is 8.13. The lowest BCUT2D eigenvalue weighted by atomic mass is 10.2. The van der Waals surface area contributed by atoms with Gasteiger partial charge in [-0.1, -0.05) is 6.07 Å². The number of carbonyl (C=O) groups excluding carboxylic acids is 4. The largest absolute Gasteiger partial charge is 0.457 e. The minimum Gasteiger partial charge on any atom is -0.457 e. The summed E-state index contributed by atoms with van der Waals surface area (Å²) in [6, 6.07) is 27.2. The van der Waals surface area contributed by atoms with Gasteiger partial charge in [-0.15, -0.1) is 0 Å². The van der Waals surface area contributed by atoms with Gasteiger partial charge in [-0.25, -0.2) is 4.79 Å². The molecule has 0 aliphatic carbocycles. The number of anilines is 3. The van der Waals surface area contributed by atoms with Crippen molar-refractivity contribution in [3.05, 3.63) is 126 Å². The van der Waals surface area contributed by atoms with Crippen LogP contribution in [-0.2, 0) is 0 Å². The Morgan fingerprint density at radius 2 is 1.08 bits per heavy atom. The van der Waals surface area contributed by atoms with Crippen molar-refractivity contribution in [3.8, 4) is 23.0 Å². The molecule has 0 saturated heterocycles. The zero-order chi connectivity index (χ0) is 36.8. The zero-order valence-corrected chi connectivity index (χ0v) is 28.7. The van der Waals surface area contributed by atoms with E-state index in [0.29, 0.717) is 45.6 Å². The minimum absolute atomic E-state index is 0.235. The third-order valence-electron chi connectivity index (χ3n) is 7.13. The first-order chi connectivity index (χ1) is 24.6. The number of aromatic nitrogens is 2. The summed E-state index contributed by atoms with van der Waals surface area (Å²) in [5.74, 6) is 1.50. The van der Waals surface area contributed by atoms with Crippen LogP contribution in [0.15, 0.2) is 109 Å². The molecule has 5 aromatic rings. The number of benzene rings is 3. The number of pyridine rings is 2. The average Bonchev–Trinajstić information content (AvgIpc) is 3.17. The highest BCUT2D eigenvalue weighted by molar-refractivity contribution is 6.02. The van der Waals surface area contributed by atoms with Crippen LogP contribution in [0.5, 0.6) is 23.0 Å². The smallest absolute Gasteiger partial charge is 0.326 e. The quantitative estimate of drug-likeness (QED) is 0.126. The second-order valence-corrected chi connectivity index (χ2v) is 10.5. The number of hydrogen-bond acceptors (Lipinski definition) is 9. The lowest BCUT2D eigenvalue weighted by molar-refractivity contribution is 0.0950. The van der Waals surface area contributed by atoms with E-state index in [2.05, 4.69) is 36.6 Å². The molecule has 2 heterocycles. The first kappa shape index (κ1) is 36.9. The molecule has 2 aromatic heterocycles. The Hall–Kier alpha value is -6.96. The number of rotatable bonds is 10. The summed E-state index contributed by atoms with van der Waals surface area (Å²) in [5.41, 5.74) is 3.18. The average molecular weight is 691 g/mol. The Morgan fingerprint density at radius 3 is 1.57 bits per heavy atom. The second-order valence-electron chi connectivity index (χ2n) is 10.5. The standard InChI is InChI=1S/C23H23N5O4.C14H15N3O2/c1-24-21(29)15-5-4-6-16(13-15)27-23(31)28(3)17-7-9-18(10-8-17)32-19-11-12-26-20(14-19)22(30)25-2;1-15-10-3-5-11(6-4-10)19-12-7-8-17-13(9-12)14(18)16-2/h4-14H,1-3H3,(H,24,29)(H,25,30)(H,27,31);3-9,15H,1-2H3,(H,16,18). The van der Waals surface area contributed by atoms with Crippen LogP contribution in [0.4, 0.5) is 21.9 Å². The van der Waals surface area contributed by atoms with Crippen molar-refractivity contribution in [2.45, 2.75) is 0 Å². The maximum absolute atomic E-state index is 12.6. The third-order valence-corrected chi connectivity index (χ3v) is 7.13. The van der Waals surface area contributed by atoms with Gasteiger partial charge in [0.1, 0.15) is 34.4 Å². The van der Waals surface area contributed by atoms with E-state index >= 15 is 0 Å². The van der Waals surface area contributed by atoms with Gasteiger partial charge >= 0.3 is 6.03 Å². The molecule has 0 unspecified atom stereocenters. The monoisotopic (exact) mass is 690 g/mol. The van der Waals surface area contributed by atoms with E-state index < -0.39 is 0 Å². The minimum atomic E-state index is -0.364. The van der Waals surface area contributed by atoms with E-state index in [0.717, 1.165) is 5.69 Å². The van der Waals surface area contributed by atoms with E-state index in [1.807, 2.05) is 31.3 Å². The topological polar surface area (TPSA) is 176 Å². The van der Waals surface area contributed by atoms with Gasteiger partial charge in [0.15, 0.2) is 0 Å². The molecule has 0 fully saturated rings. The van der Waals surface area contributed by atoms with Crippen LogP contribution in [0.3, 0.4) is 0 Å². The predicted molar refractivity (Wildman–Crippen MR) is 195 cm³/mol. The van der Waals surface area contributed by atoms with Crippen molar-refractivity contribution in [3.63, 3.8) is 0 Å². The van der Waals surface area contributed by atoms with Crippen LogP contribution in [0.2, 0.25) is 0 Å². The fourth-order valence-electron chi connectivity index (χ4n) is 4.36. The highest BCUT2D eigenvalue weighted by atomic mass is 16.5. The molecular formula is C37H38N8O6. The fourth-order valence-corrected chi connectivity index (χ4v) is 4.36. The van der Waals surface area contributed by atoms with Gasteiger partial charge in [-0.2, -0.15) is 0 Å². The molecule has 3 aromatic carbocycles. The van der Waals surface area contributed by atoms with Crippen LogP contribution in [0.25, 0.3) is 0 Å². The molecule has 0 atom stereocenters. The molecule has 0 aliphatic rings. The van der Waals surface area contributed by atoms with Crippen molar-refractivity contribution in [2.75, 3.05) is 50.8 Å². The van der Waals surface area contributed by atoms with Crippen LogP contribution in [0, 0.1) is 0 Å². The number of carbonyl (C=O) groups is 4. The van der Waals surface area contributed by atoms with Gasteiger partial charge in [0.2, 0.25) is 0 Å². The van der Waals surface area contributed by atoms with Gasteiger partial charge in [0, 0.05) is 82.4 Å². The van der Waals surface area contributed by atoms with E-state index in [1.54, 1.807) is 100 Å². The Kier molecular flexibility index (Phi) is 13.0. The van der Waals surface area contributed by atoms with Gasteiger partial charge in [0.25, 0.3) is 17.7 Å². The van der Waals surface area contributed by atoms with Gasteiger partial charge in [-0.05, 0) is 78.9 Å². The van der Waals surface area contributed by atoms with Crippen LogP contribution >= 0.6 is 0 Å². The van der Waals surface area contributed by atoms with E-state index in [4.69, 9.17) is 9.47 Å². The molecule has 5 N–H and O–H groups in total. The fraction of sp³-hybridized carbons (Fsp3) is 0.135. The Bertz CT molecular complexity index is 1970. The highest BCUT2D eigenvalue weighted by Gasteiger charge is 2.13. The molecule has 0 spiro atoms. The third kappa shape index (κ3) is 10.5. The Morgan fingerprint density at radius 1 is 0.569 bits per heavy atom. The molecule has 0 bridgehead atoms. The molecule has 51 heavy (non-hydrogen) atoms. The van der Waals surface area contributed by atoms with Crippen molar-refractivity contribution in [2.24, 2.45) is 0 Å². The Balaban J connectivity index is 0.000000261. The summed E-state index contributed by atoms with van der Waals surface area (Å²) in [6.07, 6.45) is 3.04. The van der Waals surface area contributed by atoms with E-state index in [9.17, 15) is 19.2 Å². The Labute approximate surface area is 295 Å². The SMILES string of the molecule is CNC(=O)c1cc(Oc2ccc(NC)cc2)ccn1.CNC(=O)c1cccc(NC(=O)N(C)c2ccc(Oc3ccnc(C(=O)NC)c3)cc2)c1. The number of ether oxygens (including phenoxy) is 2. The van der Waals surface area contributed by atoms with Crippen LogP contribution in [-0.4, -0.2) is 69.0 Å². The van der Waals surface area contributed by atoms with E-state index in [-0.39, 0.29) is 29.4 Å². The molecule has 0 radical (unpaired) electrons. The van der Waals surface area contributed by atoms with Gasteiger partial charge in [0.05, 0.1) is 0 Å². The van der Waals surface area contributed by atoms with Crippen LogP contribution < -0.4 is 41.0 Å². The predicted octanol–water partition coefficient (Wildman–Crippen LogP) is 5.54. The second kappa shape index (κ2) is 18.0. The molecular weight excluding hydrogens is 652 g/mol. The number of amides is 5. The normalized spacial score (nSPS) is 9.98. The van der Waals surface area contributed by atoms with Crippen molar-refractivity contribution in [1.29, 1.82) is 0 Å². The van der Waals surface area contributed by atoms with E-state index in [1.165, 1.54) is 18.1 Å². The van der Waals surface area contributed by atoms with Crippen molar-refractivity contribution < 1.29 is 28.7 Å². The highest BCUT2D eigenvalue weighted by Crippen LogP contribution is 2.25. The van der Waals surface area contributed by atoms with Crippen molar-refractivity contribution >= 4 is 40.8 Å². The number of nitrogens with one attached hydrogen (secondary N) is 5. The van der Waals surface area contributed by atoms with Gasteiger partial charge < -0.3 is 36.1 Å². The molecule has 0 aliphatic heterocycles. The molecule has 14 nitrogen and oxygen atoms in total. The lowest BCUT2D eigenvalue weighted by Crippen LogP contribution is -2.31. The summed E-state index contributed by atoms with van der Waals surface area (Å²) in [5, 5.41) is 13.4. The van der Waals surface area contributed by atoms with Crippen molar-refractivity contribution in [1.82, 2.24) is 25.9 Å². The van der Waals surface area contributed by atoms with Crippen LogP contribution in [0.1, 0.15) is 31.3 Å². The summed E-state index contributed by atoms with van der Waals surface area (Å²) < 4.78 is 11.4. The molecule has 0 saturated carbocycles. The molecule has 14 heteroatoms. The maximum Gasteiger partial charge on any atom is 0.326 e. The zero-order valence-electron chi connectivity index (χ0n) is 28.7. The summed E-state index contributed by atoms with van der Waals surface area (Å²) in [4.78, 5) is 57.0. The number of urea groups is 1. The van der Waals surface area contributed by atoms with Gasteiger partial charge in [-0.3, -0.25) is 29.3 Å². The molecule has 262 valence electrons. The molecule has 5 amide bonds. The first-order valence-electron chi connectivity index (χ1n) is 15.6. The maximum atomic E-state index is 12.6. The lowest BCUT2D eigenvalue weighted by Gasteiger charge is -2.19. The number of nitrogens with zero attached hydrogens (tertiary/aromatic N) is 3.